The summed E-state index contributed by atoms with van der Waals surface area (Å²) < 4.78 is 13.3. The first-order valence-electron chi connectivity index (χ1n) is 8.15. The standard InChI is InChI=1S/C20H14FN3O2S/c1-24-16-8-7-14(23-18(25)12-4-2-5-13(21)10-12)11-17(16)27-19-15(20(24)26)6-3-9-22-19/h2-11H,1H3,(H,23,25). The number of halogens is 1. The van der Waals surface area contributed by atoms with E-state index in [9.17, 15) is 14.0 Å². The first-order valence-corrected chi connectivity index (χ1v) is 8.96. The summed E-state index contributed by atoms with van der Waals surface area (Å²) in [5, 5.41) is 3.38. The van der Waals surface area contributed by atoms with Gasteiger partial charge in [0.2, 0.25) is 0 Å². The number of pyridine rings is 1. The quantitative estimate of drug-likeness (QED) is 0.724. The molecule has 1 aliphatic rings. The molecule has 1 aliphatic heterocycles. The Labute approximate surface area is 159 Å². The molecule has 2 heterocycles. The fraction of sp³-hybridized carbons (Fsp3) is 0.0500. The fourth-order valence-corrected chi connectivity index (χ4v) is 3.90. The predicted molar refractivity (Wildman–Crippen MR) is 102 cm³/mol. The molecule has 0 fully saturated rings. The summed E-state index contributed by atoms with van der Waals surface area (Å²) in [6.45, 7) is 0. The van der Waals surface area contributed by atoms with Crippen molar-refractivity contribution in [3.05, 3.63) is 77.7 Å². The van der Waals surface area contributed by atoms with Crippen LogP contribution in [0.4, 0.5) is 15.8 Å². The minimum absolute atomic E-state index is 0.138. The lowest BCUT2D eigenvalue weighted by molar-refractivity contribution is 0.0987. The van der Waals surface area contributed by atoms with Gasteiger partial charge in [0.1, 0.15) is 10.8 Å². The Balaban J connectivity index is 1.67. The zero-order valence-corrected chi connectivity index (χ0v) is 15.1. The van der Waals surface area contributed by atoms with Crippen LogP contribution in [0.3, 0.4) is 0 Å². The Morgan fingerprint density at radius 3 is 2.81 bits per heavy atom. The summed E-state index contributed by atoms with van der Waals surface area (Å²) in [4.78, 5) is 31.7. The van der Waals surface area contributed by atoms with Gasteiger partial charge in [0, 0.05) is 29.4 Å². The van der Waals surface area contributed by atoms with Crippen LogP contribution in [0.25, 0.3) is 0 Å². The van der Waals surface area contributed by atoms with E-state index in [1.165, 1.54) is 30.0 Å². The van der Waals surface area contributed by atoms with Crippen molar-refractivity contribution in [3.63, 3.8) is 0 Å². The van der Waals surface area contributed by atoms with E-state index in [1.54, 1.807) is 54.5 Å². The van der Waals surface area contributed by atoms with E-state index in [-0.39, 0.29) is 11.5 Å². The van der Waals surface area contributed by atoms with Crippen LogP contribution < -0.4 is 10.2 Å². The summed E-state index contributed by atoms with van der Waals surface area (Å²) in [5.41, 5.74) is 2.05. The lowest BCUT2D eigenvalue weighted by atomic mass is 10.2. The number of rotatable bonds is 2. The minimum atomic E-state index is -0.469. The molecular weight excluding hydrogens is 365 g/mol. The summed E-state index contributed by atoms with van der Waals surface area (Å²) in [6, 6.07) is 14.2. The molecule has 0 aliphatic carbocycles. The summed E-state index contributed by atoms with van der Waals surface area (Å²) >= 11 is 1.37. The lowest BCUT2D eigenvalue weighted by Crippen LogP contribution is -2.26. The maximum absolute atomic E-state index is 13.3. The molecule has 0 saturated heterocycles. The van der Waals surface area contributed by atoms with Gasteiger partial charge >= 0.3 is 0 Å². The lowest BCUT2D eigenvalue weighted by Gasteiger charge is -2.18. The van der Waals surface area contributed by atoms with E-state index in [0.29, 0.717) is 16.3 Å². The average Bonchev–Trinajstić information content (AvgIpc) is 2.77. The van der Waals surface area contributed by atoms with Gasteiger partial charge in [-0.05, 0) is 48.5 Å². The van der Waals surface area contributed by atoms with Crippen molar-refractivity contribution in [1.29, 1.82) is 0 Å². The molecule has 0 atom stereocenters. The van der Waals surface area contributed by atoms with E-state index in [0.717, 1.165) is 10.6 Å². The van der Waals surface area contributed by atoms with Gasteiger partial charge in [-0.15, -0.1) is 0 Å². The van der Waals surface area contributed by atoms with E-state index in [1.807, 2.05) is 0 Å². The van der Waals surface area contributed by atoms with Gasteiger partial charge in [-0.3, -0.25) is 9.59 Å². The molecule has 27 heavy (non-hydrogen) atoms. The smallest absolute Gasteiger partial charge is 0.260 e. The first kappa shape index (κ1) is 17.2. The molecule has 0 unspecified atom stereocenters. The van der Waals surface area contributed by atoms with Gasteiger partial charge in [-0.25, -0.2) is 9.37 Å². The molecule has 3 aromatic rings. The largest absolute Gasteiger partial charge is 0.322 e. The Hall–Kier alpha value is -3.19. The van der Waals surface area contributed by atoms with Crippen LogP contribution in [0.1, 0.15) is 20.7 Å². The second kappa shape index (κ2) is 6.85. The van der Waals surface area contributed by atoms with Crippen LogP contribution in [0.5, 0.6) is 0 Å². The Kier molecular flexibility index (Phi) is 4.37. The average molecular weight is 379 g/mol. The van der Waals surface area contributed by atoms with Crippen molar-refractivity contribution in [2.75, 3.05) is 17.3 Å². The number of benzene rings is 2. The minimum Gasteiger partial charge on any atom is -0.322 e. The SMILES string of the molecule is CN1C(=O)c2cccnc2Sc2cc(NC(=O)c3cccc(F)c3)ccc21. The zero-order valence-electron chi connectivity index (χ0n) is 14.3. The molecule has 134 valence electrons. The van der Waals surface area contributed by atoms with E-state index in [2.05, 4.69) is 10.3 Å². The molecule has 2 aromatic carbocycles. The highest BCUT2D eigenvalue weighted by Crippen LogP contribution is 2.41. The number of nitrogens with one attached hydrogen (secondary N) is 1. The van der Waals surface area contributed by atoms with Crippen molar-refractivity contribution in [2.45, 2.75) is 9.92 Å². The second-order valence-electron chi connectivity index (χ2n) is 5.97. The van der Waals surface area contributed by atoms with Gasteiger partial charge in [0.15, 0.2) is 0 Å². The van der Waals surface area contributed by atoms with Crippen LogP contribution in [-0.2, 0) is 0 Å². The molecule has 4 rings (SSSR count). The molecule has 1 aromatic heterocycles. The van der Waals surface area contributed by atoms with Crippen molar-refractivity contribution in [1.82, 2.24) is 4.98 Å². The van der Waals surface area contributed by atoms with Crippen LogP contribution in [-0.4, -0.2) is 23.8 Å². The Morgan fingerprint density at radius 2 is 2.00 bits per heavy atom. The van der Waals surface area contributed by atoms with E-state index < -0.39 is 11.7 Å². The van der Waals surface area contributed by atoms with Crippen molar-refractivity contribution in [2.24, 2.45) is 0 Å². The molecule has 5 nitrogen and oxygen atoms in total. The maximum atomic E-state index is 13.3. The number of amides is 2. The number of hydrogen-bond donors (Lipinski definition) is 1. The molecule has 1 N–H and O–H groups in total. The molecule has 2 amide bonds. The summed E-state index contributed by atoms with van der Waals surface area (Å²) in [6.07, 6.45) is 1.64. The van der Waals surface area contributed by atoms with Crippen LogP contribution in [0.15, 0.2) is 70.7 Å². The van der Waals surface area contributed by atoms with Gasteiger partial charge in [0.25, 0.3) is 11.8 Å². The predicted octanol–water partition coefficient (Wildman–Crippen LogP) is 4.21. The normalized spacial score (nSPS) is 12.8. The number of fused-ring (bicyclic) bond motifs is 2. The van der Waals surface area contributed by atoms with E-state index in [4.69, 9.17) is 0 Å². The number of hydrogen-bond acceptors (Lipinski definition) is 4. The van der Waals surface area contributed by atoms with Gasteiger partial charge in [-0.2, -0.15) is 0 Å². The topological polar surface area (TPSA) is 62.3 Å². The maximum Gasteiger partial charge on any atom is 0.260 e. The molecule has 0 saturated carbocycles. The number of carbonyl (C=O) groups excluding carboxylic acids is 2. The number of aromatic nitrogens is 1. The third-order valence-corrected chi connectivity index (χ3v) is 5.24. The van der Waals surface area contributed by atoms with Gasteiger partial charge in [-0.1, -0.05) is 17.8 Å². The van der Waals surface area contributed by atoms with Crippen LogP contribution in [0.2, 0.25) is 0 Å². The van der Waals surface area contributed by atoms with Gasteiger partial charge < -0.3 is 10.2 Å². The highest BCUT2D eigenvalue weighted by Gasteiger charge is 2.25. The fourth-order valence-electron chi connectivity index (χ4n) is 2.81. The summed E-state index contributed by atoms with van der Waals surface area (Å²) in [5.74, 6) is -1.01. The monoisotopic (exact) mass is 379 g/mol. The number of anilines is 2. The first-order chi connectivity index (χ1) is 13.0. The molecular formula is C20H14FN3O2S. The second-order valence-corrected chi connectivity index (χ2v) is 7.00. The number of nitrogens with zero attached hydrogens (tertiary/aromatic N) is 2. The molecule has 0 bridgehead atoms. The van der Waals surface area contributed by atoms with Crippen molar-refractivity contribution < 1.29 is 14.0 Å². The third kappa shape index (κ3) is 3.29. The van der Waals surface area contributed by atoms with E-state index >= 15 is 0 Å². The molecule has 7 heteroatoms. The zero-order chi connectivity index (χ0) is 19.0. The highest BCUT2D eigenvalue weighted by molar-refractivity contribution is 7.99. The molecule has 0 radical (unpaired) electrons. The van der Waals surface area contributed by atoms with Crippen molar-refractivity contribution >= 4 is 35.0 Å². The Bertz CT molecular complexity index is 1070. The van der Waals surface area contributed by atoms with Crippen molar-refractivity contribution in [3.8, 4) is 0 Å². The highest BCUT2D eigenvalue weighted by atomic mass is 32.2. The number of carbonyl (C=O) groups is 2. The van der Waals surface area contributed by atoms with Crippen LogP contribution in [0, 0.1) is 5.82 Å². The third-order valence-electron chi connectivity index (χ3n) is 4.18. The van der Waals surface area contributed by atoms with Gasteiger partial charge in [0.05, 0.1) is 11.3 Å². The summed E-state index contributed by atoms with van der Waals surface area (Å²) in [7, 11) is 1.70. The van der Waals surface area contributed by atoms with Crippen LogP contribution >= 0.6 is 11.8 Å². The molecule has 0 spiro atoms. The Morgan fingerprint density at radius 1 is 1.15 bits per heavy atom.